The summed E-state index contributed by atoms with van der Waals surface area (Å²) in [5, 5.41) is 24.5. The number of carbonyl (C=O) groups excluding carboxylic acids is 2. The summed E-state index contributed by atoms with van der Waals surface area (Å²) in [5.74, 6) is -3.89. The number of carbonyl (C=O) groups is 3. The molecule has 9 heteroatoms. The van der Waals surface area contributed by atoms with Gasteiger partial charge in [0, 0.05) is 24.1 Å². The summed E-state index contributed by atoms with van der Waals surface area (Å²) < 4.78 is 10.4. The van der Waals surface area contributed by atoms with Crippen LogP contribution in [0.2, 0.25) is 0 Å². The van der Waals surface area contributed by atoms with Crippen molar-refractivity contribution in [1.29, 1.82) is 0 Å². The molecule has 3 N–H and O–H groups in total. The Morgan fingerprint density at radius 2 is 1.59 bits per heavy atom. The van der Waals surface area contributed by atoms with E-state index in [1.165, 1.54) is 20.3 Å². The largest absolute Gasteiger partial charge is 0.507 e. The first-order chi connectivity index (χ1) is 17.8. The van der Waals surface area contributed by atoms with Crippen molar-refractivity contribution in [2.75, 3.05) is 19.1 Å². The fraction of sp³-hybridized carbons (Fsp3) is 0.250. The summed E-state index contributed by atoms with van der Waals surface area (Å²) in [6.45, 7) is 0. The molecule has 2 fully saturated rings. The lowest BCUT2D eigenvalue weighted by atomic mass is 9.76. The van der Waals surface area contributed by atoms with Gasteiger partial charge >= 0.3 is 5.97 Å². The van der Waals surface area contributed by atoms with Crippen LogP contribution < -0.4 is 19.7 Å². The van der Waals surface area contributed by atoms with Crippen LogP contribution in [0.25, 0.3) is 0 Å². The van der Waals surface area contributed by atoms with Gasteiger partial charge in [-0.1, -0.05) is 36.4 Å². The number of hydrogen-bond acceptors (Lipinski definition) is 7. The lowest BCUT2D eigenvalue weighted by Gasteiger charge is -2.31. The van der Waals surface area contributed by atoms with E-state index in [1.807, 2.05) is 6.07 Å². The second-order valence-corrected chi connectivity index (χ2v) is 9.20. The Morgan fingerprint density at radius 3 is 2.19 bits per heavy atom. The zero-order valence-electron chi connectivity index (χ0n) is 20.3. The number of aliphatic carboxylic acids is 1. The standard InChI is InChI=1S/C28H26N2O7/c1-36-18-10-8-17(9-11-18)30-25(32)22-23(26(30)33)28(27(34)35,15-16-6-4-3-5-7-16)29-24(22)20-13-12-19(37-2)14-21(20)31/h3-14,22-24,29,31H,15H2,1-2H3,(H,34,35)/t22-,23+,24-,28+/m0/s1. The molecule has 2 heterocycles. The summed E-state index contributed by atoms with van der Waals surface area (Å²) in [5.41, 5.74) is -0.470. The first-order valence-electron chi connectivity index (χ1n) is 11.7. The van der Waals surface area contributed by atoms with Gasteiger partial charge < -0.3 is 19.7 Å². The first kappa shape index (κ1) is 24.3. The van der Waals surface area contributed by atoms with Crippen molar-refractivity contribution < 1.29 is 34.1 Å². The van der Waals surface area contributed by atoms with Crippen molar-refractivity contribution in [3.63, 3.8) is 0 Å². The number of phenols is 1. The molecule has 0 bridgehead atoms. The smallest absolute Gasteiger partial charge is 0.325 e. The highest BCUT2D eigenvalue weighted by Crippen LogP contribution is 2.52. The molecule has 3 aromatic carbocycles. The van der Waals surface area contributed by atoms with Gasteiger partial charge in [0.05, 0.1) is 31.7 Å². The zero-order chi connectivity index (χ0) is 26.3. The first-order valence-corrected chi connectivity index (χ1v) is 11.7. The van der Waals surface area contributed by atoms with E-state index in [1.54, 1.807) is 60.7 Å². The summed E-state index contributed by atoms with van der Waals surface area (Å²) in [6.07, 6.45) is -0.0345. The number of phenolic OH excluding ortho intramolecular Hbond substituents is 1. The third-order valence-corrected chi connectivity index (χ3v) is 7.26. The van der Waals surface area contributed by atoms with Crippen LogP contribution in [0.3, 0.4) is 0 Å². The molecule has 3 aromatic rings. The molecule has 0 aliphatic carbocycles. The molecular formula is C28H26N2O7. The van der Waals surface area contributed by atoms with E-state index in [0.29, 0.717) is 28.3 Å². The molecule has 2 aliphatic heterocycles. The van der Waals surface area contributed by atoms with Crippen LogP contribution in [0.15, 0.2) is 72.8 Å². The molecule has 5 rings (SSSR count). The molecule has 0 saturated carbocycles. The minimum Gasteiger partial charge on any atom is -0.507 e. The Balaban J connectivity index is 1.65. The number of fused-ring (bicyclic) bond motifs is 1. The summed E-state index contributed by atoms with van der Waals surface area (Å²) in [6, 6.07) is 19.0. The number of nitrogens with one attached hydrogen (secondary N) is 1. The lowest BCUT2D eigenvalue weighted by Crippen LogP contribution is -2.57. The normalized spacial score (nSPS) is 24.7. The maximum absolute atomic E-state index is 13.9. The molecule has 190 valence electrons. The van der Waals surface area contributed by atoms with Gasteiger partial charge in [-0.25, -0.2) is 4.90 Å². The van der Waals surface area contributed by atoms with E-state index < -0.39 is 41.2 Å². The maximum atomic E-state index is 13.9. The molecule has 2 aliphatic rings. The van der Waals surface area contributed by atoms with Crippen molar-refractivity contribution in [2.45, 2.75) is 18.0 Å². The van der Waals surface area contributed by atoms with Crippen LogP contribution in [-0.2, 0) is 20.8 Å². The van der Waals surface area contributed by atoms with Crippen LogP contribution in [-0.4, -0.2) is 47.8 Å². The number of imide groups is 1. The average Bonchev–Trinajstić information content (AvgIpc) is 3.38. The fourth-order valence-corrected chi connectivity index (χ4v) is 5.52. The fourth-order valence-electron chi connectivity index (χ4n) is 5.52. The number of rotatable bonds is 7. The van der Waals surface area contributed by atoms with Crippen LogP contribution in [0, 0.1) is 11.8 Å². The number of benzene rings is 3. The number of amides is 2. The van der Waals surface area contributed by atoms with E-state index in [0.717, 1.165) is 4.90 Å². The van der Waals surface area contributed by atoms with Crippen molar-refractivity contribution in [3.8, 4) is 17.2 Å². The van der Waals surface area contributed by atoms with Crippen molar-refractivity contribution in [1.82, 2.24) is 5.32 Å². The summed E-state index contributed by atoms with van der Waals surface area (Å²) >= 11 is 0. The van der Waals surface area contributed by atoms with Crippen LogP contribution >= 0.6 is 0 Å². The molecule has 0 radical (unpaired) electrons. The van der Waals surface area contributed by atoms with Crippen molar-refractivity contribution >= 4 is 23.5 Å². The number of carboxylic acids is 1. The van der Waals surface area contributed by atoms with Gasteiger partial charge in [0.25, 0.3) is 0 Å². The SMILES string of the molecule is COc1ccc(N2C(=O)[C@@H]3[C@H](c4ccc(OC)cc4O)N[C@@](Cc4ccccc4)(C(=O)O)[C@H]3C2=O)cc1. The van der Waals surface area contributed by atoms with Crippen molar-refractivity contribution in [3.05, 3.63) is 83.9 Å². The molecule has 9 nitrogen and oxygen atoms in total. The molecule has 37 heavy (non-hydrogen) atoms. The van der Waals surface area contributed by atoms with E-state index in [-0.39, 0.29) is 12.2 Å². The summed E-state index contributed by atoms with van der Waals surface area (Å²) in [7, 11) is 2.97. The van der Waals surface area contributed by atoms with E-state index >= 15 is 0 Å². The van der Waals surface area contributed by atoms with E-state index in [4.69, 9.17) is 9.47 Å². The molecule has 2 saturated heterocycles. The minimum atomic E-state index is -1.79. The van der Waals surface area contributed by atoms with Gasteiger partial charge in [-0.2, -0.15) is 0 Å². The molecule has 2 amide bonds. The molecule has 0 unspecified atom stereocenters. The molecule has 0 aromatic heterocycles. The molecular weight excluding hydrogens is 476 g/mol. The highest BCUT2D eigenvalue weighted by Gasteiger charge is 2.68. The molecule has 0 spiro atoms. The Hall–Kier alpha value is -4.37. The third kappa shape index (κ3) is 3.88. The maximum Gasteiger partial charge on any atom is 0.325 e. The Morgan fingerprint density at radius 1 is 0.946 bits per heavy atom. The van der Waals surface area contributed by atoms with Gasteiger partial charge in [-0.15, -0.1) is 0 Å². The number of anilines is 1. The quantitative estimate of drug-likeness (QED) is 0.421. The number of nitrogens with zero attached hydrogens (tertiary/aromatic N) is 1. The predicted molar refractivity (Wildman–Crippen MR) is 134 cm³/mol. The van der Waals surface area contributed by atoms with Gasteiger partial charge in [-0.05, 0) is 35.9 Å². The zero-order valence-corrected chi connectivity index (χ0v) is 20.3. The van der Waals surface area contributed by atoms with Crippen LogP contribution in [0.5, 0.6) is 17.2 Å². The van der Waals surface area contributed by atoms with Gasteiger partial charge in [0.2, 0.25) is 11.8 Å². The van der Waals surface area contributed by atoms with Crippen LogP contribution in [0.4, 0.5) is 5.69 Å². The number of carboxylic acid groups (broad SMARTS) is 1. The summed E-state index contributed by atoms with van der Waals surface area (Å²) in [4.78, 5) is 41.8. The number of hydrogen-bond donors (Lipinski definition) is 3. The highest BCUT2D eigenvalue weighted by molar-refractivity contribution is 6.24. The van der Waals surface area contributed by atoms with E-state index in [2.05, 4.69) is 5.32 Å². The predicted octanol–water partition coefficient (Wildman–Crippen LogP) is 2.93. The lowest BCUT2D eigenvalue weighted by molar-refractivity contribution is -0.148. The third-order valence-electron chi connectivity index (χ3n) is 7.26. The molecule has 4 atom stereocenters. The van der Waals surface area contributed by atoms with Gasteiger partial charge in [-0.3, -0.25) is 19.7 Å². The Labute approximate surface area is 213 Å². The number of aromatic hydroxyl groups is 1. The van der Waals surface area contributed by atoms with E-state index in [9.17, 15) is 24.6 Å². The minimum absolute atomic E-state index is 0.0345. The number of methoxy groups -OCH3 is 2. The highest BCUT2D eigenvalue weighted by atomic mass is 16.5. The van der Waals surface area contributed by atoms with Crippen LogP contribution in [0.1, 0.15) is 17.2 Å². The van der Waals surface area contributed by atoms with Crippen molar-refractivity contribution in [2.24, 2.45) is 11.8 Å². The topological polar surface area (TPSA) is 125 Å². The Kier molecular flexibility index (Phi) is 6.08. The monoisotopic (exact) mass is 502 g/mol. The second-order valence-electron chi connectivity index (χ2n) is 9.20. The number of ether oxygens (including phenoxy) is 2. The Bertz CT molecular complexity index is 1360. The second kappa shape index (κ2) is 9.25. The van der Waals surface area contributed by atoms with Gasteiger partial charge in [0.15, 0.2) is 0 Å². The van der Waals surface area contributed by atoms with Gasteiger partial charge in [0.1, 0.15) is 22.8 Å². The average molecular weight is 503 g/mol.